The van der Waals surface area contributed by atoms with Crippen LogP contribution in [0.4, 0.5) is 5.69 Å². The lowest BCUT2D eigenvalue weighted by Crippen LogP contribution is -2.14. The average molecular weight is 221 g/mol. The first-order valence-electron chi connectivity index (χ1n) is 4.75. The fourth-order valence-electron chi connectivity index (χ4n) is 1.33. The number of anilines is 1. The summed E-state index contributed by atoms with van der Waals surface area (Å²) in [4.78, 5) is 0. The largest absolute Gasteiger partial charge is 0.381 e. The van der Waals surface area contributed by atoms with Gasteiger partial charge in [-0.05, 0) is 25.5 Å². The lowest BCUT2D eigenvalue weighted by atomic mass is 10.1. The summed E-state index contributed by atoms with van der Waals surface area (Å²) in [7, 11) is 0. The van der Waals surface area contributed by atoms with Crippen LogP contribution in [0.5, 0.6) is 0 Å². The predicted octanol–water partition coefficient (Wildman–Crippen LogP) is 3.59. The quantitative estimate of drug-likeness (QED) is 0.788. The summed E-state index contributed by atoms with van der Waals surface area (Å²) < 4.78 is 0. The summed E-state index contributed by atoms with van der Waals surface area (Å²) in [5, 5.41) is 12.7. The van der Waals surface area contributed by atoms with E-state index in [9.17, 15) is 0 Å². The monoisotopic (exact) mass is 220 g/mol. The Morgan fingerprint density at radius 3 is 3.00 bits per heavy atom. The van der Waals surface area contributed by atoms with Gasteiger partial charge in [0.1, 0.15) is 6.07 Å². The number of halogens is 1. The Balaban J connectivity index is 2.90. The molecule has 1 N–H and O–H groups in total. The molecule has 0 radical (unpaired) electrons. The third-order valence-corrected chi connectivity index (χ3v) is 2.36. The van der Waals surface area contributed by atoms with Gasteiger partial charge in [-0.15, -0.1) is 6.58 Å². The second-order valence-corrected chi connectivity index (χ2v) is 3.75. The first-order valence-corrected chi connectivity index (χ1v) is 5.13. The van der Waals surface area contributed by atoms with Crippen molar-refractivity contribution in [3.8, 4) is 6.07 Å². The van der Waals surface area contributed by atoms with E-state index in [4.69, 9.17) is 16.9 Å². The molecule has 1 aromatic carbocycles. The summed E-state index contributed by atoms with van der Waals surface area (Å²) in [5.41, 5.74) is 1.27. The standard InChI is InChI=1S/C12H13ClN2/c1-3-5-9(2)15-12-7-4-6-11(13)10(12)8-14/h3-4,6-7,9,15H,1,5H2,2H3. The van der Waals surface area contributed by atoms with E-state index in [0.29, 0.717) is 10.6 Å². The Bertz CT molecular complexity index is 393. The maximum Gasteiger partial charge on any atom is 0.103 e. The Labute approximate surface area is 95.2 Å². The maximum atomic E-state index is 8.95. The molecule has 0 aliphatic rings. The Morgan fingerprint density at radius 2 is 2.40 bits per heavy atom. The van der Waals surface area contributed by atoms with E-state index in [1.807, 2.05) is 25.1 Å². The van der Waals surface area contributed by atoms with E-state index in [2.05, 4.69) is 18.0 Å². The molecule has 15 heavy (non-hydrogen) atoms. The van der Waals surface area contributed by atoms with Crippen LogP contribution in [0.1, 0.15) is 18.9 Å². The molecule has 3 heteroatoms. The van der Waals surface area contributed by atoms with Gasteiger partial charge >= 0.3 is 0 Å². The van der Waals surface area contributed by atoms with Gasteiger partial charge in [0.05, 0.1) is 16.3 Å². The minimum Gasteiger partial charge on any atom is -0.381 e. The average Bonchev–Trinajstić information content (AvgIpc) is 2.18. The summed E-state index contributed by atoms with van der Waals surface area (Å²) in [6.45, 7) is 5.70. The molecule has 2 nitrogen and oxygen atoms in total. The Morgan fingerprint density at radius 1 is 1.67 bits per heavy atom. The minimum absolute atomic E-state index is 0.244. The van der Waals surface area contributed by atoms with Crippen molar-refractivity contribution in [2.45, 2.75) is 19.4 Å². The van der Waals surface area contributed by atoms with Crippen molar-refractivity contribution < 1.29 is 0 Å². The zero-order valence-corrected chi connectivity index (χ0v) is 9.38. The maximum absolute atomic E-state index is 8.95. The Hall–Kier alpha value is -1.46. The van der Waals surface area contributed by atoms with Crippen LogP contribution in [-0.2, 0) is 0 Å². The molecule has 1 unspecified atom stereocenters. The molecule has 0 bridgehead atoms. The van der Waals surface area contributed by atoms with Gasteiger partial charge in [-0.2, -0.15) is 5.26 Å². The van der Waals surface area contributed by atoms with E-state index in [0.717, 1.165) is 12.1 Å². The lowest BCUT2D eigenvalue weighted by molar-refractivity contribution is 0.813. The zero-order valence-electron chi connectivity index (χ0n) is 8.63. The van der Waals surface area contributed by atoms with Crippen LogP contribution in [0.25, 0.3) is 0 Å². The van der Waals surface area contributed by atoms with E-state index < -0.39 is 0 Å². The molecule has 0 spiro atoms. The van der Waals surface area contributed by atoms with E-state index in [1.165, 1.54) is 0 Å². The molecule has 0 aromatic heterocycles. The van der Waals surface area contributed by atoms with E-state index in [-0.39, 0.29) is 6.04 Å². The molecule has 1 aromatic rings. The second-order valence-electron chi connectivity index (χ2n) is 3.34. The molecule has 0 saturated carbocycles. The van der Waals surface area contributed by atoms with Crippen LogP contribution < -0.4 is 5.32 Å². The first-order chi connectivity index (χ1) is 7.19. The molecule has 78 valence electrons. The van der Waals surface area contributed by atoms with Crippen molar-refractivity contribution in [2.24, 2.45) is 0 Å². The second kappa shape index (κ2) is 5.43. The number of nitriles is 1. The van der Waals surface area contributed by atoms with Crippen molar-refractivity contribution in [1.29, 1.82) is 5.26 Å². The van der Waals surface area contributed by atoms with Gasteiger partial charge in [0.2, 0.25) is 0 Å². The van der Waals surface area contributed by atoms with E-state index in [1.54, 1.807) is 6.07 Å². The predicted molar refractivity (Wildman–Crippen MR) is 64.1 cm³/mol. The smallest absolute Gasteiger partial charge is 0.103 e. The number of hydrogen-bond donors (Lipinski definition) is 1. The zero-order chi connectivity index (χ0) is 11.3. The van der Waals surface area contributed by atoms with Gasteiger partial charge in [0.25, 0.3) is 0 Å². The van der Waals surface area contributed by atoms with Gasteiger partial charge < -0.3 is 5.32 Å². The van der Waals surface area contributed by atoms with Gasteiger partial charge in [-0.25, -0.2) is 0 Å². The molecule has 1 rings (SSSR count). The summed E-state index contributed by atoms with van der Waals surface area (Å²) in [6.07, 6.45) is 2.69. The molecule has 0 aliphatic heterocycles. The van der Waals surface area contributed by atoms with Gasteiger partial charge in [-0.3, -0.25) is 0 Å². The van der Waals surface area contributed by atoms with Gasteiger partial charge in [0.15, 0.2) is 0 Å². The number of nitrogens with zero attached hydrogens (tertiary/aromatic N) is 1. The fraction of sp³-hybridized carbons (Fsp3) is 0.250. The Kier molecular flexibility index (Phi) is 4.20. The topological polar surface area (TPSA) is 35.8 Å². The number of nitrogens with one attached hydrogen (secondary N) is 1. The SMILES string of the molecule is C=CCC(C)Nc1cccc(Cl)c1C#N. The van der Waals surface area contributed by atoms with Crippen molar-refractivity contribution in [2.75, 3.05) is 5.32 Å². The first kappa shape index (κ1) is 11.6. The summed E-state index contributed by atoms with van der Waals surface area (Å²) >= 11 is 5.91. The van der Waals surface area contributed by atoms with Crippen molar-refractivity contribution >= 4 is 17.3 Å². The minimum atomic E-state index is 0.244. The van der Waals surface area contributed by atoms with Crippen LogP contribution in [-0.4, -0.2) is 6.04 Å². The lowest BCUT2D eigenvalue weighted by Gasteiger charge is -2.14. The highest BCUT2D eigenvalue weighted by atomic mass is 35.5. The normalized spacial score (nSPS) is 11.5. The third-order valence-electron chi connectivity index (χ3n) is 2.05. The molecule has 0 fully saturated rings. The van der Waals surface area contributed by atoms with Gasteiger partial charge in [-0.1, -0.05) is 23.7 Å². The van der Waals surface area contributed by atoms with Crippen LogP contribution in [0, 0.1) is 11.3 Å². The van der Waals surface area contributed by atoms with Crippen molar-refractivity contribution in [3.05, 3.63) is 41.4 Å². The number of benzene rings is 1. The molecule has 0 heterocycles. The number of rotatable bonds is 4. The molecule has 0 saturated heterocycles. The van der Waals surface area contributed by atoms with Crippen LogP contribution in [0.15, 0.2) is 30.9 Å². The molecular formula is C12H13ClN2. The summed E-state index contributed by atoms with van der Waals surface area (Å²) in [6, 6.07) is 7.72. The molecule has 0 aliphatic carbocycles. The number of hydrogen-bond acceptors (Lipinski definition) is 2. The molecular weight excluding hydrogens is 208 g/mol. The van der Waals surface area contributed by atoms with Crippen molar-refractivity contribution in [3.63, 3.8) is 0 Å². The van der Waals surface area contributed by atoms with E-state index >= 15 is 0 Å². The van der Waals surface area contributed by atoms with Crippen LogP contribution >= 0.6 is 11.6 Å². The molecule has 1 atom stereocenters. The highest BCUT2D eigenvalue weighted by molar-refractivity contribution is 6.32. The van der Waals surface area contributed by atoms with Crippen LogP contribution in [0.2, 0.25) is 5.02 Å². The highest BCUT2D eigenvalue weighted by Crippen LogP contribution is 2.24. The van der Waals surface area contributed by atoms with Gasteiger partial charge in [0, 0.05) is 6.04 Å². The highest BCUT2D eigenvalue weighted by Gasteiger charge is 2.07. The third kappa shape index (κ3) is 3.00. The summed E-state index contributed by atoms with van der Waals surface area (Å²) in [5.74, 6) is 0. The van der Waals surface area contributed by atoms with Crippen LogP contribution in [0.3, 0.4) is 0 Å². The van der Waals surface area contributed by atoms with Crippen molar-refractivity contribution in [1.82, 2.24) is 0 Å². The fourth-order valence-corrected chi connectivity index (χ4v) is 1.55. The molecule has 0 amide bonds.